The third-order valence-electron chi connectivity index (χ3n) is 1.21. The average molecular weight is 173 g/mol. The Hall–Kier alpha value is -2.05. The van der Waals surface area contributed by atoms with E-state index in [9.17, 15) is 0 Å². The summed E-state index contributed by atoms with van der Waals surface area (Å²) in [6.07, 6.45) is 1.64. The molecule has 0 spiro atoms. The third-order valence-corrected chi connectivity index (χ3v) is 1.21. The van der Waals surface area contributed by atoms with Crippen molar-refractivity contribution in [3.8, 4) is 11.8 Å². The lowest BCUT2D eigenvalue weighted by Gasteiger charge is -1.89. The number of azide groups is 1. The first-order chi connectivity index (χ1) is 6.33. The van der Waals surface area contributed by atoms with Crippen LogP contribution in [-0.4, -0.2) is 16.5 Å². The average Bonchev–Trinajstić information content (AvgIpc) is 2.13. The van der Waals surface area contributed by atoms with Crippen molar-refractivity contribution in [2.24, 2.45) is 5.11 Å². The highest BCUT2D eigenvalue weighted by Crippen LogP contribution is 1.90. The number of aromatic nitrogens is 2. The first kappa shape index (κ1) is 9.04. The second kappa shape index (κ2) is 4.75. The molecule has 0 bridgehead atoms. The number of nitrogens with zero attached hydrogens (tertiary/aromatic N) is 5. The van der Waals surface area contributed by atoms with Gasteiger partial charge >= 0.3 is 0 Å². The molecule has 13 heavy (non-hydrogen) atoms. The van der Waals surface area contributed by atoms with Gasteiger partial charge in [-0.3, -0.25) is 0 Å². The van der Waals surface area contributed by atoms with Gasteiger partial charge in [-0.2, -0.15) is 0 Å². The first-order valence-electron chi connectivity index (χ1n) is 3.62. The highest BCUT2D eigenvalue weighted by molar-refractivity contribution is 5.21. The number of aryl methyl sites for hydroxylation is 1. The Morgan fingerprint density at radius 3 is 3.23 bits per heavy atom. The molecule has 5 heteroatoms. The van der Waals surface area contributed by atoms with Crippen molar-refractivity contribution in [1.29, 1.82) is 0 Å². The number of hydrogen-bond donors (Lipinski definition) is 0. The minimum Gasteiger partial charge on any atom is -0.229 e. The highest BCUT2D eigenvalue weighted by atomic mass is 15.1. The fraction of sp³-hybridized carbons (Fsp3) is 0.250. The largest absolute Gasteiger partial charge is 0.229 e. The van der Waals surface area contributed by atoms with Crippen LogP contribution in [-0.2, 0) is 0 Å². The summed E-state index contributed by atoms with van der Waals surface area (Å²) in [4.78, 5) is 10.5. The Bertz CT molecular complexity index is 394. The molecular weight excluding hydrogens is 166 g/mol. The first-order valence-corrected chi connectivity index (χ1v) is 3.62. The third kappa shape index (κ3) is 3.23. The summed E-state index contributed by atoms with van der Waals surface area (Å²) in [5, 5.41) is 3.26. The lowest BCUT2D eigenvalue weighted by Crippen LogP contribution is -1.89. The van der Waals surface area contributed by atoms with Crippen LogP contribution >= 0.6 is 0 Å². The van der Waals surface area contributed by atoms with E-state index in [1.165, 1.54) is 0 Å². The smallest absolute Gasteiger partial charge is 0.205 e. The lowest BCUT2D eigenvalue weighted by molar-refractivity contribution is 1.07. The highest BCUT2D eigenvalue weighted by Gasteiger charge is 1.88. The van der Waals surface area contributed by atoms with Crippen LogP contribution in [0, 0.1) is 18.8 Å². The van der Waals surface area contributed by atoms with Crippen molar-refractivity contribution >= 4 is 0 Å². The maximum atomic E-state index is 7.97. The molecule has 1 aromatic heterocycles. The van der Waals surface area contributed by atoms with E-state index < -0.39 is 0 Å². The Morgan fingerprint density at radius 1 is 1.69 bits per heavy atom. The molecule has 0 fully saturated rings. The van der Waals surface area contributed by atoms with Gasteiger partial charge in [-0.15, -0.1) is 0 Å². The summed E-state index contributed by atoms with van der Waals surface area (Å²) in [5.74, 6) is 5.77. The minimum atomic E-state index is 0.147. The van der Waals surface area contributed by atoms with Crippen molar-refractivity contribution in [3.63, 3.8) is 0 Å². The van der Waals surface area contributed by atoms with Gasteiger partial charge in [0.25, 0.3) is 0 Å². The number of hydrogen-bond acceptors (Lipinski definition) is 3. The van der Waals surface area contributed by atoms with Crippen LogP contribution < -0.4 is 0 Å². The quantitative estimate of drug-likeness (QED) is 0.279. The summed E-state index contributed by atoms with van der Waals surface area (Å²) in [6.45, 7) is 2.01. The second-order valence-electron chi connectivity index (χ2n) is 2.21. The minimum absolute atomic E-state index is 0.147. The zero-order valence-electron chi connectivity index (χ0n) is 7.10. The van der Waals surface area contributed by atoms with E-state index in [2.05, 4.69) is 31.8 Å². The van der Waals surface area contributed by atoms with Gasteiger partial charge < -0.3 is 0 Å². The standard InChI is InChI=1S/C8H7N5/c1-7-4-6-10-8(12-7)3-2-5-11-13-9/h4,6H,5H2,1H3. The van der Waals surface area contributed by atoms with Crippen molar-refractivity contribution in [1.82, 2.24) is 9.97 Å². The monoisotopic (exact) mass is 173 g/mol. The molecule has 0 aliphatic carbocycles. The molecule has 1 heterocycles. The molecule has 0 saturated carbocycles. The Morgan fingerprint density at radius 2 is 2.54 bits per heavy atom. The van der Waals surface area contributed by atoms with E-state index in [1.54, 1.807) is 12.3 Å². The van der Waals surface area contributed by atoms with Crippen molar-refractivity contribution in [3.05, 3.63) is 34.2 Å². The molecule has 0 aliphatic rings. The molecule has 5 nitrogen and oxygen atoms in total. The molecule has 0 N–H and O–H groups in total. The summed E-state index contributed by atoms with van der Waals surface area (Å²) in [5.41, 5.74) is 8.83. The lowest BCUT2D eigenvalue weighted by atomic mass is 10.4. The fourth-order valence-corrected chi connectivity index (χ4v) is 0.695. The van der Waals surface area contributed by atoms with Crippen LogP contribution in [0.1, 0.15) is 11.5 Å². The SMILES string of the molecule is Cc1ccnc(C#CCN=[N+]=[N-])n1. The van der Waals surface area contributed by atoms with Gasteiger partial charge in [-0.25, -0.2) is 9.97 Å². The van der Waals surface area contributed by atoms with E-state index in [0.29, 0.717) is 5.82 Å². The molecule has 0 amide bonds. The van der Waals surface area contributed by atoms with Crippen LogP contribution in [0.5, 0.6) is 0 Å². The number of rotatable bonds is 1. The maximum Gasteiger partial charge on any atom is 0.205 e. The summed E-state index contributed by atoms with van der Waals surface area (Å²) in [7, 11) is 0. The Labute approximate surface area is 75.5 Å². The summed E-state index contributed by atoms with van der Waals surface area (Å²) in [6, 6.07) is 1.79. The van der Waals surface area contributed by atoms with Crippen molar-refractivity contribution < 1.29 is 0 Å². The van der Waals surface area contributed by atoms with Crippen LogP contribution in [0.4, 0.5) is 0 Å². The topological polar surface area (TPSA) is 74.5 Å². The second-order valence-corrected chi connectivity index (χ2v) is 2.21. The van der Waals surface area contributed by atoms with E-state index in [4.69, 9.17) is 5.53 Å². The molecule has 0 atom stereocenters. The van der Waals surface area contributed by atoms with E-state index >= 15 is 0 Å². The van der Waals surface area contributed by atoms with Gasteiger partial charge in [0.05, 0.1) is 6.54 Å². The molecule has 0 saturated heterocycles. The maximum absolute atomic E-state index is 7.97. The van der Waals surface area contributed by atoms with Gasteiger partial charge in [0.15, 0.2) is 0 Å². The van der Waals surface area contributed by atoms with Crippen molar-refractivity contribution in [2.45, 2.75) is 6.92 Å². The molecule has 64 valence electrons. The fourth-order valence-electron chi connectivity index (χ4n) is 0.695. The summed E-state index contributed by atoms with van der Waals surface area (Å²) < 4.78 is 0. The molecular formula is C8H7N5. The van der Waals surface area contributed by atoms with Crippen molar-refractivity contribution in [2.75, 3.05) is 6.54 Å². The predicted molar refractivity (Wildman–Crippen MR) is 47.7 cm³/mol. The van der Waals surface area contributed by atoms with Crippen LogP contribution in [0.25, 0.3) is 10.4 Å². The normalized spacial score (nSPS) is 8.08. The zero-order valence-corrected chi connectivity index (χ0v) is 7.10. The molecule has 0 unspecified atom stereocenters. The Kier molecular flexibility index (Phi) is 3.31. The van der Waals surface area contributed by atoms with E-state index in [1.807, 2.05) is 6.92 Å². The van der Waals surface area contributed by atoms with E-state index in [0.717, 1.165) is 5.69 Å². The van der Waals surface area contributed by atoms with Gasteiger partial charge in [0, 0.05) is 16.8 Å². The molecule has 0 aliphatic heterocycles. The summed E-state index contributed by atoms with van der Waals surface area (Å²) >= 11 is 0. The Balaban J connectivity index is 2.71. The molecule has 0 radical (unpaired) electrons. The molecule has 1 rings (SSSR count). The predicted octanol–water partition coefficient (Wildman–Crippen LogP) is 1.45. The zero-order chi connectivity index (χ0) is 9.52. The van der Waals surface area contributed by atoms with Gasteiger partial charge in [-0.1, -0.05) is 11.0 Å². The van der Waals surface area contributed by atoms with Crippen LogP contribution in [0.3, 0.4) is 0 Å². The van der Waals surface area contributed by atoms with Crippen LogP contribution in [0.15, 0.2) is 17.4 Å². The van der Waals surface area contributed by atoms with E-state index in [-0.39, 0.29) is 6.54 Å². The van der Waals surface area contributed by atoms with Crippen LogP contribution in [0.2, 0.25) is 0 Å². The molecule has 0 aromatic carbocycles. The molecule has 1 aromatic rings. The van der Waals surface area contributed by atoms with Gasteiger partial charge in [0.1, 0.15) is 0 Å². The van der Waals surface area contributed by atoms with Gasteiger partial charge in [0.2, 0.25) is 5.82 Å². The van der Waals surface area contributed by atoms with Gasteiger partial charge in [-0.05, 0) is 24.4 Å².